The minimum atomic E-state index is -4.80. The standard InChI is InChI=1S/C14H20F2N2O4S2.ClH/c1-22-9-14(3-5-17-6-4-14)8-18-12(19)11-10(2-7-23-11)24(20,21)13(15)16;/h2,7,13,17H,3-6,8-9H2,1H3,(H,18,19);1H. The van der Waals surface area contributed by atoms with Crippen molar-refractivity contribution in [3.8, 4) is 0 Å². The molecule has 2 rings (SSSR count). The van der Waals surface area contributed by atoms with Gasteiger partial charge in [0.2, 0.25) is 9.84 Å². The third kappa shape index (κ3) is 5.10. The first-order valence-corrected chi connectivity index (χ1v) is 9.82. The zero-order valence-corrected chi connectivity index (χ0v) is 16.0. The molecule has 1 aliphatic heterocycles. The van der Waals surface area contributed by atoms with Crippen molar-refractivity contribution in [1.82, 2.24) is 10.6 Å². The van der Waals surface area contributed by atoms with Crippen molar-refractivity contribution in [2.75, 3.05) is 33.4 Å². The zero-order chi connectivity index (χ0) is 17.8. The number of carbonyl (C=O) groups is 1. The van der Waals surface area contributed by atoms with E-state index in [4.69, 9.17) is 4.74 Å². The van der Waals surface area contributed by atoms with Crippen LogP contribution in [0.25, 0.3) is 0 Å². The second-order valence-corrected chi connectivity index (χ2v) is 8.59. The van der Waals surface area contributed by atoms with E-state index in [1.165, 1.54) is 5.38 Å². The number of halogens is 3. The second kappa shape index (κ2) is 9.22. The molecule has 1 saturated heterocycles. The number of methoxy groups -OCH3 is 1. The van der Waals surface area contributed by atoms with Crippen molar-refractivity contribution >= 4 is 39.5 Å². The number of nitrogens with one attached hydrogen (secondary N) is 2. The van der Waals surface area contributed by atoms with Gasteiger partial charge in [-0.3, -0.25) is 4.79 Å². The molecule has 1 amide bonds. The molecule has 25 heavy (non-hydrogen) atoms. The number of hydrogen-bond donors (Lipinski definition) is 2. The van der Waals surface area contributed by atoms with Gasteiger partial charge >= 0.3 is 5.76 Å². The molecule has 0 aromatic carbocycles. The number of alkyl halides is 2. The highest BCUT2D eigenvalue weighted by atomic mass is 35.5. The van der Waals surface area contributed by atoms with Crippen LogP contribution in [-0.2, 0) is 14.6 Å². The van der Waals surface area contributed by atoms with Gasteiger partial charge in [-0.05, 0) is 37.4 Å². The highest BCUT2D eigenvalue weighted by molar-refractivity contribution is 7.92. The van der Waals surface area contributed by atoms with Gasteiger partial charge in [0.25, 0.3) is 5.91 Å². The van der Waals surface area contributed by atoms with Gasteiger partial charge in [0, 0.05) is 19.1 Å². The molecule has 1 fully saturated rings. The van der Waals surface area contributed by atoms with Crippen LogP contribution in [0.15, 0.2) is 16.3 Å². The fourth-order valence-electron chi connectivity index (χ4n) is 2.77. The molecule has 0 bridgehead atoms. The Morgan fingerprint density at radius 1 is 1.44 bits per heavy atom. The Kier molecular flexibility index (Phi) is 8.20. The van der Waals surface area contributed by atoms with Crippen LogP contribution in [0.5, 0.6) is 0 Å². The molecule has 1 aromatic heterocycles. The first kappa shape index (κ1) is 22.2. The van der Waals surface area contributed by atoms with E-state index in [9.17, 15) is 22.0 Å². The van der Waals surface area contributed by atoms with Crippen molar-refractivity contribution in [2.24, 2.45) is 5.41 Å². The van der Waals surface area contributed by atoms with Crippen LogP contribution in [0.1, 0.15) is 22.5 Å². The molecule has 0 spiro atoms. The van der Waals surface area contributed by atoms with Crippen molar-refractivity contribution in [3.63, 3.8) is 0 Å². The first-order chi connectivity index (χ1) is 11.3. The Bertz CT molecular complexity index is 671. The van der Waals surface area contributed by atoms with Crippen LogP contribution in [0.2, 0.25) is 0 Å². The van der Waals surface area contributed by atoms with Crippen LogP contribution < -0.4 is 10.6 Å². The summed E-state index contributed by atoms with van der Waals surface area (Å²) in [7, 11) is -3.21. The zero-order valence-electron chi connectivity index (χ0n) is 13.6. The van der Waals surface area contributed by atoms with Crippen LogP contribution >= 0.6 is 23.7 Å². The number of thiophene rings is 1. The summed E-state index contributed by atoms with van der Waals surface area (Å²) in [6, 6.07) is 1.04. The molecule has 1 aromatic rings. The Balaban J connectivity index is 0.00000312. The van der Waals surface area contributed by atoms with E-state index in [2.05, 4.69) is 10.6 Å². The minimum Gasteiger partial charge on any atom is -0.384 e. The molecule has 0 radical (unpaired) electrons. The number of sulfone groups is 1. The molecule has 2 heterocycles. The van der Waals surface area contributed by atoms with Gasteiger partial charge in [-0.1, -0.05) is 0 Å². The smallest absolute Gasteiger partial charge is 0.341 e. The number of hydrogen-bond acceptors (Lipinski definition) is 6. The summed E-state index contributed by atoms with van der Waals surface area (Å²) in [4.78, 5) is 11.5. The largest absolute Gasteiger partial charge is 0.384 e. The molecule has 2 N–H and O–H groups in total. The van der Waals surface area contributed by atoms with Gasteiger partial charge < -0.3 is 15.4 Å². The van der Waals surface area contributed by atoms with E-state index in [-0.39, 0.29) is 22.7 Å². The van der Waals surface area contributed by atoms with Crippen molar-refractivity contribution in [2.45, 2.75) is 23.5 Å². The summed E-state index contributed by atoms with van der Waals surface area (Å²) in [6.07, 6.45) is 1.60. The topological polar surface area (TPSA) is 84.5 Å². The number of carbonyl (C=O) groups excluding carboxylic acids is 1. The van der Waals surface area contributed by atoms with Gasteiger partial charge in [-0.2, -0.15) is 8.78 Å². The van der Waals surface area contributed by atoms with Crippen LogP contribution in [0, 0.1) is 5.41 Å². The number of rotatable bonds is 7. The molecule has 1 aliphatic rings. The summed E-state index contributed by atoms with van der Waals surface area (Å²) in [6.45, 7) is 2.35. The summed E-state index contributed by atoms with van der Waals surface area (Å²) in [5, 5.41) is 7.23. The third-order valence-corrected chi connectivity index (χ3v) is 6.58. The highest BCUT2D eigenvalue weighted by Gasteiger charge is 2.35. The lowest BCUT2D eigenvalue weighted by molar-refractivity contribution is 0.0512. The highest BCUT2D eigenvalue weighted by Crippen LogP contribution is 2.30. The lowest BCUT2D eigenvalue weighted by atomic mass is 9.79. The van der Waals surface area contributed by atoms with Crippen LogP contribution in [0.3, 0.4) is 0 Å². The molecule has 6 nitrogen and oxygen atoms in total. The SMILES string of the molecule is COCC1(CNC(=O)c2sccc2S(=O)(=O)C(F)F)CCNCC1.Cl. The van der Waals surface area contributed by atoms with E-state index in [1.807, 2.05) is 0 Å². The van der Waals surface area contributed by atoms with Crippen LogP contribution in [-0.4, -0.2) is 53.4 Å². The lowest BCUT2D eigenvalue weighted by Crippen LogP contribution is -2.47. The summed E-state index contributed by atoms with van der Waals surface area (Å²) < 4.78 is 54.0. The van der Waals surface area contributed by atoms with Crippen molar-refractivity contribution in [1.29, 1.82) is 0 Å². The van der Waals surface area contributed by atoms with Crippen LogP contribution in [0.4, 0.5) is 8.78 Å². The predicted octanol–water partition coefficient (Wildman–Crippen LogP) is 1.91. The van der Waals surface area contributed by atoms with E-state index >= 15 is 0 Å². The van der Waals surface area contributed by atoms with E-state index < -0.39 is 26.4 Å². The quantitative estimate of drug-likeness (QED) is 0.706. The monoisotopic (exact) mass is 418 g/mol. The molecule has 0 unspecified atom stereocenters. The maximum Gasteiger partial charge on any atom is 0.341 e. The third-order valence-electron chi connectivity index (χ3n) is 4.12. The van der Waals surface area contributed by atoms with Gasteiger partial charge in [0.05, 0.1) is 11.5 Å². The average molecular weight is 419 g/mol. The second-order valence-electron chi connectivity index (χ2n) is 5.79. The van der Waals surface area contributed by atoms with E-state index in [0.29, 0.717) is 13.2 Å². The summed E-state index contributed by atoms with van der Waals surface area (Å²) >= 11 is 0.833. The normalized spacial score (nSPS) is 17.1. The molecular weight excluding hydrogens is 398 g/mol. The Hall–Kier alpha value is -0.810. The summed E-state index contributed by atoms with van der Waals surface area (Å²) in [5.41, 5.74) is -0.241. The fraction of sp³-hybridized carbons (Fsp3) is 0.643. The number of amides is 1. The Morgan fingerprint density at radius 2 is 2.08 bits per heavy atom. The van der Waals surface area contributed by atoms with Gasteiger partial charge in [-0.25, -0.2) is 8.42 Å². The number of piperidine rings is 1. The predicted molar refractivity (Wildman–Crippen MR) is 93.5 cm³/mol. The molecule has 0 saturated carbocycles. The molecule has 11 heteroatoms. The van der Waals surface area contributed by atoms with E-state index in [1.54, 1.807) is 7.11 Å². The first-order valence-electron chi connectivity index (χ1n) is 7.40. The number of ether oxygens (including phenoxy) is 1. The molecule has 0 aliphatic carbocycles. The maximum absolute atomic E-state index is 12.7. The fourth-order valence-corrected chi connectivity index (χ4v) is 4.85. The van der Waals surface area contributed by atoms with Crippen molar-refractivity contribution in [3.05, 3.63) is 16.3 Å². The molecule has 0 atom stereocenters. The molecule has 144 valence electrons. The minimum absolute atomic E-state index is 0. The van der Waals surface area contributed by atoms with Gasteiger partial charge in [-0.15, -0.1) is 23.7 Å². The maximum atomic E-state index is 12.7. The van der Waals surface area contributed by atoms with Gasteiger partial charge in [0.15, 0.2) is 0 Å². The molecular formula is C14H21ClF2N2O4S2. The Morgan fingerprint density at radius 3 is 2.64 bits per heavy atom. The summed E-state index contributed by atoms with van der Waals surface area (Å²) in [5.74, 6) is -4.21. The Labute approximate surface area is 155 Å². The van der Waals surface area contributed by atoms with Crippen molar-refractivity contribution < 1.29 is 26.7 Å². The van der Waals surface area contributed by atoms with E-state index in [0.717, 1.165) is 43.3 Å². The average Bonchev–Trinajstić information content (AvgIpc) is 3.04. The van der Waals surface area contributed by atoms with Gasteiger partial charge in [0.1, 0.15) is 4.88 Å². The lowest BCUT2D eigenvalue weighted by Gasteiger charge is -2.37.